The minimum Gasteiger partial charge on any atom is -0.343 e. The van der Waals surface area contributed by atoms with E-state index in [4.69, 9.17) is 5.26 Å². The quantitative estimate of drug-likeness (QED) is 0.737. The largest absolute Gasteiger partial charge is 0.343 e. The van der Waals surface area contributed by atoms with Crippen molar-refractivity contribution in [2.24, 2.45) is 5.41 Å². The van der Waals surface area contributed by atoms with Crippen LogP contribution in [-0.2, 0) is 4.79 Å². The third-order valence-corrected chi connectivity index (χ3v) is 3.23. The predicted octanol–water partition coefficient (Wildman–Crippen LogP) is 2.72. The van der Waals surface area contributed by atoms with Gasteiger partial charge in [0.25, 0.3) is 0 Å². The summed E-state index contributed by atoms with van der Waals surface area (Å²) < 4.78 is 0. The highest BCUT2D eigenvalue weighted by Gasteiger charge is 2.21. The Hall–Kier alpha value is -1.04. The Morgan fingerprint density at radius 1 is 1.31 bits per heavy atom. The molecule has 1 saturated heterocycles. The first-order valence-corrected chi connectivity index (χ1v) is 6.24. The van der Waals surface area contributed by atoms with Crippen LogP contribution in [0, 0.1) is 16.7 Å². The van der Waals surface area contributed by atoms with Crippen LogP contribution in [0.2, 0.25) is 0 Å². The van der Waals surface area contributed by atoms with E-state index in [0.29, 0.717) is 6.42 Å². The zero-order chi connectivity index (χ0) is 12.0. The van der Waals surface area contributed by atoms with E-state index in [2.05, 4.69) is 6.07 Å². The molecule has 0 spiro atoms. The summed E-state index contributed by atoms with van der Waals surface area (Å²) in [4.78, 5) is 13.8. The van der Waals surface area contributed by atoms with Gasteiger partial charge in [-0.05, 0) is 33.1 Å². The Kier molecular flexibility index (Phi) is 4.79. The van der Waals surface area contributed by atoms with Gasteiger partial charge >= 0.3 is 0 Å². The lowest BCUT2D eigenvalue weighted by Crippen LogP contribution is -2.35. The fourth-order valence-corrected chi connectivity index (χ4v) is 1.92. The van der Waals surface area contributed by atoms with Gasteiger partial charge in [0.15, 0.2) is 0 Å². The van der Waals surface area contributed by atoms with Gasteiger partial charge in [-0.3, -0.25) is 4.79 Å². The molecule has 1 heterocycles. The number of hydrogen-bond donors (Lipinski definition) is 0. The van der Waals surface area contributed by atoms with Gasteiger partial charge in [0.2, 0.25) is 5.91 Å². The van der Waals surface area contributed by atoms with Crippen LogP contribution in [0.3, 0.4) is 0 Å². The summed E-state index contributed by atoms with van der Waals surface area (Å²) in [5.74, 6) is 0.272. The second-order valence-corrected chi connectivity index (χ2v) is 5.29. The maximum atomic E-state index is 11.8. The first kappa shape index (κ1) is 13.0. The number of nitriles is 1. The molecular formula is C13H22N2O. The van der Waals surface area contributed by atoms with E-state index in [1.165, 1.54) is 12.8 Å². The van der Waals surface area contributed by atoms with E-state index in [1.807, 2.05) is 18.7 Å². The van der Waals surface area contributed by atoms with E-state index in [-0.39, 0.29) is 11.3 Å². The Morgan fingerprint density at radius 2 is 2.00 bits per heavy atom. The molecule has 1 amide bonds. The molecule has 3 nitrogen and oxygen atoms in total. The molecule has 1 aliphatic heterocycles. The average molecular weight is 222 g/mol. The Labute approximate surface area is 98.4 Å². The zero-order valence-corrected chi connectivity index (χ0v) is 10.5. The molecular weight excluding hydrogens is 200 g/mol. The van der Waals surface area contributed by atoms with Crippen LogP contribution in [0.5, 0.6) is 0 Å². The lowest BCUT2D eigenvalue weighted by atomic mass is 9.91. The lowest BCUT2D eigenvalue weighted by Gasteiger charge is -2.27. The fraction of sp³-hybridized carbons (Fsp3) is 0.846. The molecule has 0 N–H and O–H groups in total. The molecule has 0 aromatic rings. The normalized spacial score (nSPS) is 18.8. The average Bonchev–Trinajstić information content (AvgIpc) is 2.23. The molecule has 0 aromatic carbocycles. The lowest BCUT2D eigenvalue weighted by molar-refractivity contribution is -0.132. The minimum absolute atomic E-state index is 0.272. The van der Waals surface area contributed by atoms with Crippen LogP contribution < -0.4 is 0 Å². The maximum Gasteiger partial charge on any atom is 0.222 e. The van der Waals surface area contributed by atoms with Gasteiger partial charge in [-0.1, -0.05) is 12.8 Å². The van der Waals surface area contributed by atoms with Crippen LogP contribution in [0.1, 0.15) is 52.4 Å². The number of amides is 1. The summed E-state index contributed by atoms with van der Waals surface area (Å²) in [6.07, 6.45) is 6.01. The van der Waals surface area contributed by atoms with Crippen molar-refractivity contribution in [3.05, 3.63) is 0 Å². The zero-order valence-electron chi connectivity index (χ0n) is 10.5. The Balaban J connectivity index is 2.44. The summed E-state index contributed by atoms with van der Waals surface area (Å²) >= 11 is 0. The van der Waals surface area contributed by atoms with Crippen molar-refractivity contribution >= 4 is 5.91 Å². The van der Waals surface area contributed by atoms with Crippen LogP contribution in [0.4, 0.5) is 0 Å². The van der Waals surface area contributed by atoms with E-state index in [0.717, 1.165) is 32.4 Å². The van der Waals surface area contributed by atoms with E-state index in [1.54, 1.807) is 0 Å². The molecule has 3 heteroatoms. The van der Waals surface area contributed by atoms with Crippen LogP contribution in [-0.4, -0.2) is 23.9 Å². The molecule has 0 aromatic heterocycles. The molecule has 0 aliphatic carbocycles. The van der Waals surface area contributed by atoms with Gasteiger partial charge in [0.05, 0.1) is 11.5 Å². The van der Waals surface area contributed by atoms with Crippen molar-refractivity contribution in [2.45, 2.75) is 52.4 Å². The second kappa shape index (κ2) is 5.89. The monoisotopic (exact) mass is 222 g/mol. The van der Waals surface area contributed by atoms with Crippen molar-refractivity contribution in [3.63, 3.8) is 0 Å². The van der Waals surface area contributed by atoms with Crippen molar-refractivity contribution in [1.29, 1.82) is 5.26 Å². The number of carbonyl (C=O) groups excluding carboxylic acids is 1. The van der Waals surface area contributed by atoms with Gasteiger partial charge in [0, 0.05) is 19.5 Å². The number of likely N-dealkylation sites (tertiary alicyclic amines) is 1. The van der Waals surface area contributed by atoms with Crippen molar-refractivity contribution in [3.8, 4) is 6.07 Å². The third-order valence-electron chi connectivity index (χ3n) is 3.23. The fourth-order valence-electron chi connectivity index (χ4n) is 1.92. The van der Waals surface area contributed by atoms with Crippen LogP contribution in [0.15, 0.2) is 0 Å². The summed E-state index contributed by atoms with van der Waals surface area (Å²) in [5.41, 5.74) is -0.317. The first-order chi connectivity index (χ1) is 7.55. The summed E-state index contributed by atoms with van der Waals surface area (Å²) in [6.45, 7) is 5.47. The number of nitrogens with zero attached hydrogens (tertiary/aromatic N) is 2. The number of carbonyl (C=O) groups is 1. The Bertz CT molecular complexity index is 278. The van der Waals surface area contributed by atoms with Crippen molar-refractivity contribution in [2.75, 3.05) is 13.1 Å². The van der Waals surface area contributed by atoms with Gasteiger partial charge < -0.3 is 4.90 Å². The first-order valence-electron chi connectivity index (χ1n) is 6.24. The van der Waals surface area contributed by atoms with Crippen LogP contribution >= 0.6 is 0 Å². The van der Waals surface area contributed by atoms with Crippen molar-refractivity contribution in [1.82, 2.24) is 4.90 Å². The highest BCUT2D eigenvalue weighted by molar-refractivity contribution is 5.76. The highest BCUT2D eigenvalue weighted by Crippen LogP contribution is 2.20. The van der Waals surface area contributed by atoms with E-state index >= 15 is 0 Å². The van der Waals surface area contributed by atoms with Crippen LogP contribution in [0.25, 0.3) is 0 Å². The van der Waals surface area contributed by atoms with Gasteiger partial charge in [-0.15, -0.1) is 0 Å². The molecule has 1 rings (SSSR count). The SMILES string of the molecule is CC(C)(C#N)CCN1CCCCCCC1=O. The molecule has 1 fully saturated rings. The summed E-state index contributed by atoms with van der Waals surface area (Å²) in [5, 5.41) is 8.94. The second-order valence-electron chi connectivity index (χ2n) is 5.29. The van der Waals surface area contributed by atoms with E-state index < -0.39 is 0 Å². The minimum atomic E-state index is -0.317. The molecule has 0 bridgehead atoms. The summed E-state index contributed by atoms with van der Waals surface area (Å²) in [7, 11) is 0. The van der Waals surface area contributed by atoms with Gasteiger partial charge in [0.1, 0.15) is 0 Å². The molecule has 0 unspecified atom stereocenters. The molecule has 16 heavy (non-hydrogen) atoms. The van der Waals surface area contributed by atoms with E-state index in [9.17, 15) is 4.79 Å². The molecule has 0 saturated carbocycles. The Morgan fingerprint density at radius 3 is 2.69 bits per heavy atom. The maximum absolute atomic E-state index is 11.8. The molecule has 90 valence electrons. The molecule has 0 radical (unpaired) electrons. The smallest absolute Gasteiger partial charge is 0.222 e. The standard InChI is InChI=1S/C13H22N2O/c1-13(2,11-14)8-10-15-9-6-4-3-5-7-12(15)16/h3-10H2,1-2H3. The number of hydrogen-bond acceptors (Lipinski definition) is 2. The van der Waals surface area contributed by atoms with Crippen molar-refractivity contribution < 1.29 is 4.79 Å². The molecule has 0 atom stereocenters. The molecule has 1 aliphatic rings. The topological polar surface area (TPSA) is 44.1 Å². The van der Waals surface area contributed by atoms with Gasteiger partial charge in [-0.2, -0.15) is 5.26 Å². The number of rotatable bonds is 3. The third kappa shape index (κ3) is 4.22. The van der Waals surface area contributed by atoms with Gasteiger partial charge in [-0.25, -0.2) is 0 Å². The summed E-state index contributed by atoms with van der Waals surface area (Å²) in [6, 6.07) is 2.29. The highest BCUT2D eigenvalue weighted by atomic mass is 16.2. The predicted molar refractivity (Wildman–Crippen MR) is 63.7 cm³/mol.